The largest absolute Gasteiger partial charge is 0.798 e. The molecule has 2 saturated heterocycles. The summed E-state index contributed by atoms with van der Waals surface area (Å²) in [5, 5.41) is 40.8. The summed E-state index contributed by atoms with van der Waals surface area (Å²) in [5.74, 6) is 0. The molecule has 3 unspecified atom stereocenters. The van der Waals surface area contributed by atoms with Gasteiger partial charge in [-0.2, -0.15) is 0 Å². The first kappa shape index (κ1) is 33.2. The average molecular weight is 673 g/mol. The van der Waals surface area contributed by atoms with Gasteiger partial charge in [-0.25, -0.2) is 9.59 Å². The molecule has 43 heavy (non-hydrogen) atoms. The number of nitrogens with one attached hydrogen (secondary N) is 2. The number of rotatable bonds is 12. The Morgan fingerprint density at radius 2 is 1.26 bits per heavy atom. The number of ether oxygens (including phenoxy) is 2. The van der Waals surface area contributed by atoms with Crippen LogP contribution in [0.5, 0.6) is 0 Å². The van der Waals surface area contributed by atoms with Gasteiger partial charge < -0.3 is 29.9 Å². The molecule has 0 radical (unpaired) electrons. The van der Waals surface area contributed by atoms with Crippen LogP contribution in [-0.4, -0.2) is 89.4 Å². The van der Waals surface area contributed by atoms with Crippen molar-refractivity contribution in [2.24, 2.45) is 0 Å². The molecule has 11 atom stereocenters. The van der Waals surface area contributed by atoms with Gasteiger partial charge in [-0.05, 0) is 6.92 Å². The topological polar surface area (TPSA) is 297 Å². The van der Waals surface area contributed by atoms with E-state index in [2.05, 4.69) is 8.62 Å². The van der Waals surface area contributed by atoms with Crippen LogP contribution in [0.4, 0.5) is 0 Å². The number of hydrogen-bond donors (Lipinski definition) is 6. The van der Waals surface area contributed by atoms with Gasteiger partial charge in [0.25, 0.3) is 11.1 Å². The van der Waals surface area contributed by atoms with Crippen molar-refractivity contribution in [1.29, 1.82) is 0 Å². The normalized spacial score (nSPS) is 29.9. The quantitative estimate of drug-likeness (QED) is 0.129. The molecule has 6 N–H and O–H groups in total. The van der Waals surface area contributed by atoms with E-state index in [1.54, 1.807) is 0 Å². The van der Waals surface area contributed by atoms with Gasteiger partial charge in [-0.1, -0.05) is 0 Å². The molecule has 0 saturated carbocycles. The number of H-pyrrole nitrogens is 2. The van der Waals surface area contributed by atoms with Gasteiger partial charge in [0.05, 0.1) is 0 Å². The molecule has 21 nitrogen and oxygen atoms in total. The molecule has 0 bridgehead atoms. The van der Waals surface area contributed by atoms with E-state index in [1.165, 1.54) is 6.92 Å². The van der Waals surface area contributed by atoms with E-state index in [1.807, 2.05) is 9.97 Å². The minimum atomic E-state index is -3.39. The molecule has 24 heteroatoms. The van der Waals surface area contributed by atoms with E-state index in [9.17, 15) is 53.3 Å². The van der Waals surface area contributed by atoms with Crippen molar-refractivity contribution >= 4 is 24.8 Å². The highest BCUT2D eigenvalue weighted by molar-refractivity contribution is 7.53. The summed E-state index contributed by atoms with van der Waals surface area (Å²) in [6.07, 6.45) is -10.1. The molecule has 2 aromatic rings. The van der Waals surface area contributed by atoms with Crippen molar-refractivity contribution in [3.8, 4) is 0 Å². The van der Waals surface area contributed by atoms with Crippen LogP contribution in [-0.2, 0) is 40.8 Å². The van der Waals surface area contributed by atoms with Crippen molar-refractivity contribution in [1.82, 2.24) is 19.1 Å². The van der Waals surface area contributed by atoms with Crippen LogP contribution in [0, 0.1) is 6.92 Å². The summed E-state index contributed by atoms with van der Waals surface area (Å²) < 4.78 is 66.8. The van der Waals surface area contributed by atoms with Crippen LogP contribution in [0.1, 0.15) is 18.0 Å². The van der Waals surface area contributed by atoms with E-state index in [-0.39, 0.29) is 5.56 Å². The molecular weight excluding hydrogens is 649 g/mol. The highest BCUT2D eigenvalue weighted by Crippen LogP contribution is 2.47. The second kappa shape index (κ2) is 13.9. The number of aromatic nitrogens is 4. The summed E-state index contributed by atoms with van der Waals surface area (Å²) in [5.41, 5.74) is -3.12. The van der Waals surface area contributed by atoms with Crippen molar-refractivity contribution in [3.05, 3.63) is 65.7 Å². The summed E-state index contributed by atoms with van der Waals surface area (Å²) in [6, 6.07) is 0.977. The molecule has 234 valence electrons. The van der Waals surface area contributed by atoms with Crippen molar-refractivity contribution in [3.63, 3.8) is 0 Å². The number of nitrogens with zero attached hydrogens (tertiary/aromatic N) is 2. The molecule has 0 spiro atoms. The predicted octanol–water partition coefficient (Wildman–Crippen LogP) is -2.33. The lowest BCUT2D eigenvalue weighted by Gasteiger charge is -2.17. The third-order valence-corrected chi connectivity index (χ3v) is 9.03. The third-order valence-electron chi connectivity index (χ3n) is 6.17. The summed E-state index contributed by atoms with van der Waals surface area (Å²) in [4.78, 5) is 50.7. The van der Waals surface area contributed by atoms with Crippen LogP contribution >= 0.6 is 24.8 Å². The number of aliphatic hydroxyl groups excluding tert-OH is 4. The van der Waals surface area contributed by atoms with Gasteiger partial charge in [0.2, 0.25) is 0 Å². The molecule has 0 amide bonds. The van der Waals surface area contributed by atoms with Crippen molar-refractivity contribution in [2.75, 3.05) is 13.2 Å². The zero-order chi connectivity index (χ0) is 31.6. The first-order valence-corrected chi connectivity index (χ1v) is 15.3. The van der Waals surface area contributed by atoms with Crippen LogP contribution in [0.2, 0.25) is 0 Å². The lowest BCUT2D eigenvalue weighted by atomic mass is 10.1. The van der Waals surface area contributed by atoms with E-state index in [4.69, 9.17) is 18.5 Å². The van der Waals surface area contributed by atoms with Gasteiger partial charge in [0, 0.05) is 37.7 Å². The smallest absolute Gasteiger partial charge is 0.387 e. The molecule has 2 aliphatic heterocycles. The Bertz CT molecular complexity index is 1620. The summed E-state index contributed by atoms with van der Waals surface area (Å²) >= 11 is 0. The first-order valence-electron chi connectivity index (χ1n) is 12.0. The molecule has 4 heterocycles. The maximum absolute atomic E-state index is 12.1. The number of aliphatic hydroxyl groups is 4. The van der Waals surface area contributed by atoms with Gasteiger partial charge in [0.1, 0.15) is 49.8 Å². The van der Waals surface area contributed by atoms with Crippen molar-refractivity contribution < 1.29 is 61.3 Å². The highest BCUT2D eigenvalue weighted by Gasteiger charge is 2.53. The second-order valence-electron chi connectivity index (χ2n) is 9.01. The van der Waals surface area contributed by atoms with Crippen LogP contribution in [0.15, 0.2) is 37.6 Å². The molecule has 2 aliphatic rings. The van der Waals surface area contributed by atoms with Crippen LogP contribution in [0.3, 0.4) is 0 Å². The number of aromatic amines is 2. The van der Waals surface area contributed by atoms with Crippen LogP contribution in [0.25, 0.3) is 0 Å². The fraction of sp³-hybridized carbons (Fsp3) is 0.579. The lowest BCUT2D eigenvalue weighted by molar-refractivity contribution is -0.0519. The number of hydrogen-bond acceptors (Lipinski definition) is 17. The predicted molar refractivity (Wildman–Crippen MR) is 136 cm³/mol. The van der Waals surface area contributed by atoms with Crippen LogP contribution < -0.4 is 22.5 Å². The first-order chi connectivity index (χ1) is 20.3. The van der Waals surface area contributed by atoms with Gasteiger partial charge in [-0.15, -0.1) is 9.05 Å². The number of aryl methyl sites for hydroxylation is 1. The Morgan fingerprint density at radius 3 is 1.77 bits per heavy atom. The van der Waals surface area contributed by atoms with Gasteiger partial charge in [0.15, 0.2) is 21.1 Å². The van der Waals surface area contributed by atoms with Gasteiger partial charge in [-0.3, -0.25) is 28.7 Å². The summed E-state index contributed by atoms with van der Waals surface area (Å²) in [7, 11) is -9.86. The zero-order valence-corrected chi connectivity index (χ0v) is 24.3. The Balaban J connectivity index is 1.22. The minimum absolute atomic E-state index is 0.114. The fourth-order valence-corrected chi connectivity index (χ4v) is 6.21. The molecule has 4 rings (SSSR count). The molecule has 2 fully saturated rings. The third kappa shape index (κ3) is 7.68. The second-order valence-corrected chi connectivity index (χ2v) is 12.2. The van der Waals surface area contributed by atoms with E-state index >= 15 is 0 Å². The fourth-order valence-electron chi connectivity index (χ4n) is 4.04. The van der Waals surface area contributed by atoms with E-state index in [0.717, 1.165) is 27.6 Å². The summed E-state index contributed by atoms with van der Waals surface area (Å²) in [6.45, 7) is -0.0130. The Labute approximate surface area is 240 Å². The Kier molecular flexibility index (Phi) is 10.7. The monoisotopic (exact) mass is 673 g/mol. The van der Waals surface area contributed by atoms with E-state index in [0.29, 0.717) is 0 Å². The SMILES string of the molecule is Cc1cn([C@H]2O[C@@H](CO[P+](=O)O[P+](=O)O[P+](=O)OC[C@H]3O[C@@H](n4ccc(=O)[nH]c4=O)[C@H](O)[C@@H]3O)[C@H](O)[C@@H]2O)c(=O)[nH]c1=O. The minimum Gasteiger partial charge on any atom is -0.387 e. The average Bonchev–Trinajstić information content (AvgIpc) is 3.38. The zero-order valence-electron chi connectivity index (χ0n) is 21.6. The molecular formula is C19H24N4O17P3+3. The van der Waals surface area contributed by atoms with Crippen molar-refractivity contribution in [2.45, 2.75) is 56.0 Å². The Morgan fingerprint density at radius 1 is 0.767 bits per heavy atom. The standard InChI is InChI=1S/C19H22N4O17P3/c1-7-4-23(19(31)21-15(7)29)17-14(28)12(26)9(38-17)6-36-42(33)40-43(34)39-41(32)35-5-8-11(25)13(27)16(37-8)22-3-2-10(24)20-18(22)30/h2-4,8-9,11-14,16-17,25-28H,5-6H2,1H3/q+1/p+2/t8-,9+,11-,12+,13-,14+,16-,17+/m1/s1. The molecule has 0 aromatic carbocycles. The Hall–Kier alpha value is -2.74. The maximum atomic E-state index is 12.1. The van der Waals surface area contributed by atoms with Gasteiger partial charge >= 0.3 is 36.1 Å². The lowest BCUT2D eigenvalue weighted by Crippen LogP contribution is -2.38. The maximum Gasteiger partial charge on any atom is 0.798 e. The molecule has 2 aromatic heterocycles. The highest BCUT2D eigenvalue weighted by atomic mass is 31.2. The molecule has 0 aliphatic carbocycles. The van der Waals surface area contributed by atoms with E-state index < -0.39 is 110 Å².